The van der Waals surface area contributed by atoms with Crippen LogP contribution >= 0.6 is 0 Å². The first-order valence-electron chi connectivity index (χ1n) is 8.20. The van der Waals surface area contributed by atoms with E-state index >= 15 is 0 Å². The third-order valence-electron chi connectivity index (χ3n) is 3.94. The number of carbonyl (C=O) groups excluding carboxylic acids is 1. The van der Waals surface area contributed by atoms with E-state index in [1.165, 1.54) is 26.3 Å². The molecule has 0 aliphatic carbocycles. The number of amides is 1. The van der Waals surface area contributed by atoms with Crippen molar-refractivity contribution in [2.24, 2.45) is 0 Å². The Balaban J connectivity index is 1.70. The van der Waals surface area contributed by atoms with Gasteiger partial charge in [0.1, 0.15) is 19.0 Å². The topological polar surface area (TPSA) is 94.2 Å². The van der Waals surface area contributed by atoms with Crippen molar-refractivity contribution in [3.05, 3.63) is 42.5 Å². The fourth-order valence-corrected chi connectivity index (χ4v) is 3.70. The van der Waals surface area contributed by atoms with Crippen LogP contribution in [0.15, 0.2) is 47.4 Å². The van der Waals surface area contributed by atoms with Gasteiger partial charge in [-0.05, 0) is 24.3 Å². The van der Waals surface area contributed by atoms with Gasteiger partial charge in [0, 0.05) is 24.9 Å². The predicted octanol–water partition coefficient (Wildman–Crippen LogP) is 1.73. The smallest absolute Gasteiger partial charge is 0.243 e. The van der Waals surface area contributed by atoms with Crippen molar-refractivity contribution in [1.82, 2.24) is 4.31 Å². The van der Waals surface area contributed by atoms with Crippen molar-refractivity contribution in [3.63, 3.8) is 0 Å². The Morgan fingerprint density at radius 2 is 1.89 bits per heavy atom. The van der Waals surface area contributed by atoms with E-state index in [0.29, 0.717) is 36.1 Å². The summed E-state index contributed by atoms with van der Waals surface area (Å²) in [7, 11) is -0.993. The quantitative estimate of drug-likeness (QED) is 0.805. The van der Waals surface area contributed by atoms with Gasteiger partial charge in [0.25, 0.3) is 0 Å². The largest absolute Gasteiger partial charge is 0.497 e. The van der Waals surface area contributed by atoms with Gasteiger partial charge in [-0.3, -0.25) is 4.79 Å². The average Bonchev–Trinajstić information content (AvgIpc) is 2.67. The van der Waals surface area contributed by atoms with Crippen LogP contribution in [-0.2, 0) is 14.8 Å². The molecule has 2 aromatic carbocycles. The maximum atomic E-state index is 12.7. The average molecular weight is 392 g/mol. The van der Waals surface area contributed by atoms with E-state index in [1.807, 2.05) is 0 Å². The van der Waals surface area contributed by atoms with E-state index in [2.05, 4.69) is 5.32 Å². The molecule has 0 spiro atoms. The van der Waals surface area contributed by atoms with Gasteiger partial charge in [0.15, 0.2) is 11.5 Å². The van der Waals surface area contributed by atoms with Crippen LogP contribution in [0.4, 0.5) is 5.69 Å². The van der Waals surface area contributed by atoms with Gasteiger partial charge in [0.2, 0.25) is 15.9 Å². The molecule has 1 aliphatic rings. The summed E-state index contributed by atoms with van der Waals surface area (Å²) in [4.78, 5) is 12.3. The molecule has 0 saturated heterocycles. The summed E-state index contributed by atoms with van der Waals surface area (Å²) in [6.45, 7) is 0.437. The molecule has 0 bridgehead atoms. The molecule has 9 heteroatoms. The summed E-state index contributed by atoms with van der Waals surface area (Å²) in [6.07, 6.45) is 0. The van der Waals surface area contributed by atoms with Gasteiger partial charge in [-0.2, -0.15) is 4.31 Å². The minimum atomic E-state index is -3.86. The predicted molar refractivity (Wildman–Crippen MR) is 98.9 cm³/mol. The Kier molecular flexibility index (Phi) is 5.52. The van der Waals surface area contributed by atoms with Gasteiger partial charge < -0.3 is 19.5 Å². The van der Waals surface area contributed by atoms with Crippen LogP contribution in [0.2, 0.25) is 0 Å². The van der Waals surface area contributed by atoms with Crippen LogP contribution in [0.3, 0.4) is 0 Å². The monoisotopic (exact) mass is 392 g/mol. The first-order chi connectivity index (χ1) is 12.9. The molecule has 1 heterocycles. The second-order valence-corrected chi connectivity index (χ2v) is 7.89. The number of hydrogen-bond donors (Lipinski definition) is 1. The normalized spacial score (nSPS) is 13.3. The number of rotatable bonds is 6. The summed E-state index contributed by atoms with van der Waals surface area (Å²) < 4.78 is 42.4. The second-order valence-electron chi connectivity index (χ2n) is 5.85. The summed E-state index contributed by atoms with van der Waals surface area (Å²) in [5.74, 6) is 0.993. The van der Waals surface area contributed by atoms with E-state index in [0.717, 1.165) is 4.31 Å². The Hall–Kier alpha value is -2.78. The van der Waals surface area contributed by atoms with Crippen LogP contribution in [0.5, 0.6) is 17.2 Å². The molecule has 8 nitrogen and oxygen atoms in total. The summed E-state index contributed by atoms with van der Waals surface area (Å²) in [5.41, 5.74) is 0.518. The maximum absolute atomic E-state index is 12.7. The van der Waals surface area contributed by atoms with Crippen molar-refractivity contribution >= 4 is 21.6 Å². The highest BCUT2D eigenvalue weighted by molar-refractivity contribution is 7.89. The Bertz CT molecular complexity index is 945. The highest BCUT2D eigenvalue weighted by atomic mass is 32.2. The van der Waals surface area contributed by atoms with Crippen molar-refractivity contribution in [2.75, 3.05) is 39.2 Å². The highest BCUT2D eigenvalue weighted by Gasteiger charge is 2.25. The number of nitrogens with one attached hydrogen (secondary N) is 1. The standard InChI is InChI=1S/C18H20N2O6S/c1-20(12-18(21)19-13-4-3-5-14(10-13)24-2)27(22,23)15-6-7-16-17(11-15)26-9-8-25-16/h3-7,10-11H,8-9,12H2,1-2H3,(H,19,21). The summed E-state index contributed by atoms with van der Waals surface area (Å²) >= 11 is 0. The zero-order valence-corrected chi connectivity index (χ0v) is 15.8. The van der Waals surface area contributed by atoms with Crippen LogP contribution in [0.1, 0.15) is 0 Å². The van der Waals surface area contributed by atoms with E-state index < -0.39 is 15.9 Å². The minimum Gasteiger partial charge on any atom is -0.497 e. The van der Waals surface area contributed by atoms with Gasteiger partial charge in [0.05, 0.1) is 18.6 Å². The molecule has 144 valence electrons. The van der Waals surface area contributed by atoms with E-state index in [4.69, 9.17) is 14.2 Å². The molecule has 1 amide bonds. The first kappa shape index (κ1) is 19.0. The van der Waals surface area contributed by atoms with Crippen molar-refractivity contribution in [1.29, 1.82) is 0 Å². The van der Waals surface area contributed by atoms with E-state index in [-0.39, 0.29) is 11.4 Å². The Labute approximate surface area is 157 Å². The zero-order valence-electron chi connectivity index (χ0n) is 15.0. The molecule has 1 aliphatic heterocycles. The molecule has 0 atom stereocenters. The first-order valence-corrected chi connectivity index (χ1v) is 9.64. The maximum Gasteiger partial charge on any atom is 0.243 e. The summed E-state index contributed by atoms with van der Waals surface area (Å²) in [5, 5.41) is 2.65. The third kappa shape index (κ3) is 4.32. The van der Waals surface area contributed by atoms with Crippen LogP contribution in [-0.4, -0.2) is 52.5 Å². The number of nitrogens with zero attached hydrogens (tertiary/aromatic N) is 1. The lowest BCUT2D eigenvalue weighted by atomic mass is 10.3. The molecular weight excluding hydrogens is 372 g/mol. The lowest BCUT2D eigenvalue weighted by molar-refractivity contribution is -0.116. The molecule has 0 radical (unpaired) electrons. The van der Waals surface area contributed by atoms with Crippen LogP contribution < -0.4 is 19.5 Å². The number of methoxy groups -OCH3 is 1. The second kappa shape index (κ2) is 7.85. The fraction of sp³-hybridized carbons (Fsp3) is 0.278. The SMILES string of the molecule is COc1cccc(NC(=O)CN(C)S(=O)(=O)c2ccc3c(c2)OCCO3)c1. The number of likely N-dealkylation sites (N-methyl/N-ethyl adjacent to an activating group) is 1. The molecule has 1 N–H and O–H groups in total. The number of sulfonamides is 1. The van der Waals surface area contributed by atoms with E-state index in [9.17, 15) is 13.2 Å². The number of hydrogen-bond acceptors (Lipinski definition) is 6. The fourth-order valence-electron chi connectivity index (χ4n) is 2.55. The van der Waals surface area contributed by atoms with Crippen molar-refractivity contribution in [3.8, 4) is 17.2 Å². The minimum absolute atomic E-state index is 0.0310. The van der Waals surface area contributed by atoms with Gasteiger partial charge in [-0.25, -0.2) is 8.42 Å². The summed E-state index contributed by atoms with van der Waals surface area (Å²) in [6, 6.07) is 11.2. The number of anilines is 1. The molecule has 3 rings (SSSR count). The number of fused-ring (bicyclic) bond motifs is 1. The lowest BCUT2D eigenvalue weighted by Gasteiger charge is -2.21. The van der Waals surface area contributed by atoms with Crippen LogP contribution in [0.25, 0.3) is 0 Å². The van der Waals surface area contributed by atoms with E-state index in [1.54, 1.807) is 30.3 Å². The van der Waals surface area contributed by atoms with Gasteiger partial charge in [-0.15, -0.1) is 0 Å². The third-order valence-corrected chi connectivity index (χ3v) is 5.74. The van der Waals surface area contributed by atoms with Gasteiger partial charge >= 0.3 is 0 Å². The Morgan fingerprint density at radius 3 is 2.63 bits per heavy atom. The van der Waals surface area contributed by atoms with Gasteiger partial charge in [-0.1, -0.05) is 6.07 Å². The molecule has 0 saturated carbocycles. The molecule has 2 aromatic rings. The number of ether oxygens (including phenoxy) is 3. The van der Waals surface area contributed by atoms with Crippen LogP contribution in [0, 0.1) is 0 Å². The molecule has 27 heavy (non-hydrogen) atoms. The molecular formula is C18H20N2O6S. The van der Waals surface area contributed by atoms with Crippen molar-refractivity contribution in [2.45, 2.75) is 4.90 Å². The lowest BCUT2D eigenvalue weighted by Crippen LogP contribution is -2.35. The molecule has 0 fully saturated rings. The molecule has 0 unspecified atom stereocenters. The number of benzene rings is 2. The Morgan fingerprint density at radius 1 is 1.15 bits per heavy atom. The van der Waals surface area contributed by atoms with Crippen molar-refractivity contribution < 1.29 is 27.4 Å². The number of carbonyl (C=O) groups is 1. The highest BCUT2D eigenvalue weighted by Crippen LogP contribution is 2.32. The molecule has 0 aromatic heterocycles. The zero-order chi connectivity index (χ0) is 19.4.